The monoisotopic (exact) mass is 1900 g/mol. The Morgan fingerprint density at radius 1 is 0.176 bits per heavy atom. The Morgan fingerprint density at radius 2 is 0.453 bits per heavy atom. The minimum atomic E-state index is -0.112. The fourth-order valence-electron chi connectivity index (χ4n) is 21.8. The maximum atomic E-state index is 6.58. The molecule has 0 unspecified atom stereocenters. The van der Waals surface area contributed by atoms with Crippen molar-refractivity contribution in [3.63, 3.8) is 0 Å². The topological polar surface area (TPSA) is 101 Å². The van der Waals surface area contributed by atoms with E-state index in [2.05, 4.69) is 429 Å². The number of hydrogen-bond acceptors (Lipinski definition) is 10. The number of para-hydroxylation sites is 3. The summed E-state index contributed by atoms with van der Waals surface area (Å²) >= 11 is 0. The number of aromatic nitrogens is 3. The van der Waals surface area contributed by atoms with Crippen LogP contribution < -0.4 is 14.7 Å². The van der Waals surface area contributed by atoms with Crippen LogP contribution in [0, 0.1) is 0 Å². The van der Waals surface area contributed by atoms with Gasteiger partial charge in [0.2, 0.25) is 17.7 Å². The zero-order valence-electron chi connectivity index (χ0n) is 81.0. The average molecular weight is 1900 g/mol. The largest absolute Gasteiger partial charge is 0.456 e. The third kappa shape index (κ3) is 15.9. The molecule has 29 rings (SSSR count). The predicted octanol–water partition coefficient (Wildman–Crippen LogP) is 38.7. The van der Waals surface area contributed by atoms with Crippen molar-refractivity contribution in [1.29, 1.82) is 0 Å². The van der Waals surface area contributed by atoms with E-state index in [1.54, 1.807) is 0 Å². The molecule has 1 aliphatic carbocycles. The van der Waals surface area contributed by atoms with Crippen LogP contribution in [0.5, 0.6) is 0 Å². The van der Waals surface area contributed by atoms with Gasteiger partial charge < -0.3 is 32.4 Å². The van der Waals surface area contributed by atoms with Gasteiger partial charge in [-0.15, -0.1) is 0 Å². The van der Waals surface area contributed by atoms with Gasteiger partial charge in [0.05, 0.1) is 0 Å². The van der Waals surface area contributed by atoms with E-state index in [1.807, 2.05) is 121 Å². The molecule has 10 heteroatoms. The van der Waals surface area contributed by atoms with Crippen LogP contribution in [0.3, 0.4) is 0 Å². The van der Waals surface area contributed by atoms with E-state index >= 15 is 0 Å². The summed E-state index contributed by atoms with van der Waals surface area (Å²) in [6.07, 6.45) is 0. The van der Waals surface area contributed by atoms with Gasteiger partial charge in [0.15, 0.2) is 16.7 Å². The molecular weight excluding hydrogens is 1810 g/mol. The number of anilines is 9. The molecule has 0 bridgehead atoms. The van der Waals surface area contributed by atoms with Gasteiger partial charge in [-0.2, -0.15) is 0 Å². The third-order valence-electron chi connectivity index (χ3n) is 29.2. The van der Waals surface area contributed by atoms with Gasteiger partial charge in [0.25, 0.3) is 0 Å². The molecule has 1 aliphatic rings. The number of oxazole rings is 3. The summed E-state index contributed by atoms with van der Waals surface area (Å²) in [4.78, 5) is 21.6. The first-order chi connectivity index (χ1) is 73.1. The van der Waals surface area contributed by atoms with Crippen LogP contribution in [0.4, 0.5) is 51.2 Å². The van der Waals surface area contributed by atoms with Crippen LogP contribution >= 0.6 is 0 Å². The summed E-state index contributed by atoms with van der Waals surface area (Å²) in [5, 5.41) is 15.8. The van der Waals surface area contributed by atoms with Crippen molar-refractivity contribution in [3.05, 3.63) is 533 Å². The number of fused-ring (bicyclic) bond motifs is 21. The normalized spacial score (nSPS) is 12.0. The van der Waals surface area contributed by atoms with Crippen LogP contribution in [-0.4, -0.2) is 15.0 Å². The summed E-state index contributed by atoms with van der Waals surface area (Å²) in [5.41, 5.74) is 34.1. The third-order valence-corrected chi connectivity index (χ3v) is 29.2. The molecule has 0 amide bonds. The fraction of sp³-hybridized carbons (Fsp3) is 0.0217. The summed E-state index contributed by atoms with van der Waals surface area (Å²) < 4.78 is 25.9. The molecule has 0 atom stereocenters. The highest BCUT2D eigenvalue weighted by Gasteiger charge is 2.36. The van der Waals surface area contributed by atoms with Crippen molar-refractivity contribution in [3.8, 4) is 90.0 Å². The molecule has 0 saturated carbocycles. The van der Waals surface area contributed by atoms with E-state index in [9.17, 15) is 0 Å². The molecule has 10 nitrogen and oxygen atoms in total. The molecule has 24 aromatic carbocycles. The van der Waals surface area contributed by atoms with Gasteiger partial charge in [-0.1, -0.05) is 347 Å². The molecular formula is C138H92N6O4. The Balaban J connectivity index is 0.000000111. The molecule has 0 radical (unpaired) electrons. The van der Waals surface area contributed by atoms with Crippen LogP contribution in [0.1, 0.15) is 25.0 Å². The zero-order chi connectivity index (χ0) is 98.3. The Labute approximate surface area is 854 Å². The number of hydrogen-bond donors (Lipinski definition) is 0. The Bertz CT molecular complexity index is 9870. The van der Waals surface area contributed by atoms with E-state index in [4.69, 9.17) is 32.6 Å². The molecule has 0 N–H and O–H groups in total. The molecule has 0 saturated heterocycles. The first-order valence-corrected chi connectivity index (χ1v) is 50.2. The lowest BCUT2D eigenvalue weighted by molar-refractivity contribution is 0.623. The Kier molecular flexibility index (Phi) is 21.7. The highest BCUT2D eigenvalue weighted by atomic mass is 16.4. The van der Waals surface area contributed by atoms with E-state index in [0.29, 0.717) is 17.7 Å². The van der Waals surface area contributed by atoms with Gasteiger partial charge in [-0.25, -0.2) is 15.0 Å². The van der Waals surface area contributed by atoms with Gasteiger partial charge in [0, 0.05) is 106 Å². The van der Waals surface area contributed by atoms with Gasteiger partial charge >= 0.3 is 0 Å². The molecule has 0 aliphatic heterocycles. The van der Waals surface area contributed by atoms with Crippen molar-refractivity contribution < 1.29 is 17.7 Å². The predicted molar refractivity (Wildman–Crippen MR) is 614 cm³/mol. The average Bonchev–Trinajstić information content (AvgIpc) is 1.50. The van der Waals surface area contributed by atoms with Crippen molar-refractivity contribution >= 4 is 171 Å². The molecule has 0 spiro atoms. The van der Waals surface area contributed by atoms with Crippen LogP contribution in [0.2, 0.25) is 0 Å². The van der Waals surface area contributed by atoms with E-state index < -0.39 is 0 Å². The molecule has 698 valence electrons. The molecule has 0 fully saturated rings. The minimum absolute atomic E-state index is 0.112. The quantitative estimate of drug-likeness (QED) is 0.0870. The first kappa shape index (κ1) is 87.5. The van der Waals surface area contributed by atoms with E-state index in [0.717, 1.165) is 205 Å². The summed E-state index contributed by atoms with van der Waals surface area (Å²) in [6.45, 7) is 4.68. The zero-order valence-corrected chi connectivity index (χ0v) is 81.0. The highest BCUT2D eigenvalue weighted by Crippen LogP contribution is 2.53. The lowest BCUT2D eigenvalue weighted by Gasteiger charge is -2.28. The summed E-state index contributed by atoms with van der Waals surface area (Å²) in [6, 6.07) is 184. The first-order valence-electron chi connectivity index (χ1n) is 50.2. The Morgan fingerprint density at radius 3 is 0.892 bits per heavy atom. The van der Waals surface area contributed by atoms with Crippen LogP contribution in [0.25, 0.3) is 210 Å². The summed E-state index contributed by atoms with van der Waals surface area (Å²) in [5.74, 6) is 1.90. The second-order valence-electron chi connectivity index (χ2n) is 38.4. The maximum Gasteiger partial charge on any atom is 0.227 e. The van der Waals surface area contributed by atoms with Crippen LogP contribution in [-0.2, 0) is 5.41 Å². The second-order valence-corrected chi connectivity index (χ2v) is 38.4. The number of furan rings is 1. The van der Waals surface area contributed by atoms with Crippen molar-refractivity contribution in [2.75, 3.05) is 14.7 Å². The number of benzene rings is 24. The number of rotatable bonds is 16. The minimum Gasteiger partial charge on any atom is -0.456 e. The van der Waals surface area contributed by atoms with Crippen molar-refractivity contribution in [1.82, 2.24) is 15.0 Å². The smallest absolute Gasteiger partial charge is 0.227 e. The number of nitrogens with zero attached hydrogens (tertiary/aromatic N) is 6. The maximum absolute atomic E-state index is 6.58. The summed E-state index contributed by atoms with van der Waals surface area (Å²) in [7, 11) is 0. The van der Waals surface area contributed by atoms with Crippen LogP contribution in [0.15, 0.2) is 539 Å². The lowest BCUT2D eigenvalue weighted by Crippen LogP contribution is -2.16. The van der Waals surface area contributed by atoms with E-state index in [1.165, 1.54) is 49.9 Å². The van der Waals surface area contributed by atoms with Gasteiger partial charge in [0.1, 0.15) is 27.7 Å². The lowest BCUT2D eigenvalue weighted by atomic mass is 9.82. The van der Waals surface area contributed by atoms with Crippen molar-refractivity contribution in [2.24, 2.45) is 0 Å². The fourth-order valence-corrected chi connectivity index (χ4v) is 21.8. The van der Waals surface area contributed by atoms with E-state index in [-0.39, 0.29) is 5.41 Å². The van der Waals surface area contributed by atoms with Gasteiger partial charge in [-0.3, -0.25) is 0 Å². The molecule has 4 aromatic heterocycles. The highest BCUT2D eigenvalue weighted by molar-refractivity contribution is 6.22. The molecule has 148 heavy (non-hydrogen) atoms. The SMILES string of the molecule is CC1(C)c2ccccc2-c2ccc(N(c3ccc(-c4ccccc4)cc3)c3ccc4ccc5ccc6nc(-c7ccccc7)oc6c5c4c3)cc21.c1ccc(-c2ccc(N(c3ccc(-c4ccc5ccc6ccc7nc(-c8ccccc8)oc7c6c5c4)cc3)c3ccc4c(c3)oc3ccccc34)cc2)cc1.c1ccc(-c2nc3ccc4ccc5ccc(-c6ccc(N(c7ccccc7)c7ccccc7)cc6)cc5c4c3o2)cc1. The van der Waals surface area contributed by atoms with Gasteiger partial charge in [-0.05, 0) is 297 Å². The standard InChI is InChI=1S/C51H32N2O2.C48H34N2O.C39H26N2O/c1-3-9-33(10-4-1)34-19-24-40(25-20-34)53(42-28-29-44-43-13-7-8-14-47(43)54-48(44)32-42)41-26-21-35(22-27-41)39-18-16-36-15-17-37-23-30-46-50(49(37)45(36)31-39)55-51(52-46)38-11-5-2-6-12-38;1-48(2)42-16-10-9-15-39(42)40-27-26-38(30-43(40)48)50(36-23-19-32(20-24-36)31-11-5-3-6-12-31)37-25-21-33-17-18-34-22-28-44-46(45(34)41(33)29-37)51-47(49-44)35-13-7-4-8-14-35;1-4-10-30(11-5-1)39-40-36-25-22-29-18-16-28-17-19-31(26-35(28)37(29)38(36)42-39)27-20-23-34(24-21-27)41(32-12-6-2-7-13-32)33-14-8-3-9-15-33/h1-32H;3-30H,1-2H3;1-26H. The Hall–Kier alpha value is -19.6. The second kappa shape index (κ2) is 36.8. The molecule has 4 heterocycles. The van der Waals surface area contributed by atoms with Crippen molar-refractivity contribution in [2.45, 2.75) is 19.3 Å². The molecule has 28 aromatic rings.